The monoisotopic (exact) mass is 260 g/mol. The minimum Gasteiger partial charge on any atom is -0.486 e. The fourth-order valence-electron chi connectivity index (χ4n) is 1.76. The number of carboxylic acid groups (broad SMARTS) is 1. The molecule has 3 nitrogen and oxygen atoms in total. The van der Waals surface area contributed by atoms with Gasteiger partial charge in [-0.3, -0.25) is 0 Å². The van der Waals surface area contributed by atoms with Gasteiger partial charge in [-0.05, 0) is 24.1 Å². The molecule has 0 fully saturated rings. The van der Waals surface area contributed by atoms with Gasteiger partial charge in [0.25, 0.3) is 0 Å². The van der Waals surface area contributed by atoms with Gasteiger partial charge in [0, 0.05) is 0 Å². The molecule has 19 heavy (non-hydrogen) atoms. The number of benzene rings is 2. The van der Waals surface area contributed by atoms with Crippen LogP contribution < -0.4 is 4.74 Å². The number of rotatable bonds is 4. The summed E-state index contributed by atoms with van der Waals surface area (Å²) in [6.07, 6.45) is 0. The molecule has 98 valence electrons. The average Bonchev–Trinajstić information content (AvgIpc) is 2.38. The Morgan fingerprint density at radius 1 is 1.21 bits per heavy atom. The van der Waals surface area contributed by atoms with Crippen LogP contribution in [0.2, 0.25) is 0 Å². The maximum absolute atomic E-state index is 14.0. The summed E-state index contributed by atoms with van der Waals surface area (Å²) in [5, 5.41) is 8.96. The Morgan fingerprint density at radius 2 is 1.89 bits per heavy atom. The van der Waals surface area contributed by atoms with Gasteiger partial charge in [-0.25, -0.2) is 9.18 Å². The number of carbonyl (C=O) groups is 1. The zero-order valence-electron chi connectivity index (χ0n) is 10.4. The minimum absolute atomic E-state index is 0.0492. The molecule has 0 spiro atoms. The largest absolute Gasteiger partial charge is 0.486 e. The van der Waals surface area contributed by atoms with Crippen molar-refractivity contribution in [3.63, 3.8) is 0 Å². The van der Waals surface area contributed by atoms with Gasteiger partial charge in [0.1, 0.15) is 12.2 Å². The minimum atomic E-state index is -1.29. The molecule has 0 saturated heterocycles. The van der Waals surface area contributed by atoms with Crippen molar-refractivity contribution < 1.29 is 19.0 Å². The van der Waals surface area contributed by atoms with Gasteiger partial charge in [0.05, 0.1) is 0 Å². The molecule has 0 aliphatic heterocycles. The van der Waals surface area contributed by atoms with Crippen LogP contribution in [0.4, 0.5) is 4.39 Å². The summed E-state index contributed by atoms with van der Waals surface area (Å²) in [6.45, 7) is 1.74. The SMILES string of the molecule is Cc1ccc(OCc2ccccc2)c(F)c1C(=O)O. The van der Waals surface area contributed by atoms with E-state index >= 15 is 0 Å². The van der Waals surface area contributed by atoms with E-state index in [1.54, 1.807) is 6.92 Å². The Morgan fingerprint density at radius 3 is 2.53 bits per heavy atom. The molecule has 2 aromatic carbocycles. The molecule has 4 heteroatoms. The van der Waals surface area contributed by atoms with E-state index in [9.17, 15) is 9.18 Å². The van der Waals surface area contributed by atoms with Gasteiger partial charge in [-0.1, -0.05) is 36.4 Å². The molecule has 0 saturated carbocycles. The maximum atomic E-state index is 14.0. The molecule has 0 heterocycles. The predicted octanol–water partition coefficient (Wildman–Crippen LogP) is 3.41. The molecule has 1 N–H and O–H groups in total. The van der Waals surface area contributed by atoms with Crippen molar-refractivity contribution >= 4 is 5.97 Å². The van der Waals surface area contributed by atoms with Gasteiger partial charge in [-0.15, -0.1) is 0 Å². The molecular weight excluding hydrogens is 247 g/mol. The van der Waals surface area contributed by atoms with E-state index in [1.165, 1.54) is 12.1 Å². The molecule has 0 atom stereocenters. The van der Waals surface area contributed by atoms with Crippen molar-refractivity contribution in [2.75, 3.05) is 0 Å². The normalized spacial score (nSPS) is 10.2. The number of carboxylic acids is 1. The van der Waals surface area contributed by atoms with Gasteiger partial charge >= 0.3 is 5.97 Å². The Bertz CT molecular complexity index is 594. The van der Waals surface area contributed by atoms with Crippen LogP contribution in [0.5, 0.6) is 5.75 Å². The van der Waals surface area contributed by atoms with Crippen LogP contribution in [0.25, 0.3) is 0 Å². The maximum Gasteiger partial charge on any atom is 0.339 e. The lowest BCUT2D eigenvalue weighted by atomic mass is 10.1. The van der Waals surface area contributed by atoms with Crippen LogP contribution in [0.15, 0.2) is 42.5 Å². The lowest BCUT2D eigenvalue weighted by Gasteiger charge is -2.10. The van der Waals surface area contributed by atoms with Crippen LogP contribution in [0, 0.1) is 12.7 Å². The zero-order chi connectivity index (χ0) is 13.8. The van der Waals surface area contributed by atoms with Crippen LogP contribution in [0.1, 0.15) is 21.5 Å². The molecule has 2 aromatic rings. The molecule has 0 radical (unpaired) electrons. The Kier molecular flexibility index (Phi) is 3.80. The van der Waals surface area contributed by atoms with E-state index in [-0.39, 0.29) is 17.9 Å². The molecule has 0 aliphatic carbocycles. The predicted molar refractivity (Wildman–Crippen MR) is 68.9 cm³/mol. The summed E-state index contributed by atoms with van der Waals surface area (Å²) in [4.78, 5) is 11.0. The van der Waals surface area contributed by atoms with Gasteiger partial charge < -0.3 is 9.84 Å². The topological polar surface area (TPSA) is 46.5 Å². The first-order valence-corrected chi connectivity index (χ1v) is 5.78. The number of ether oxygens (including phenoxy) is 1. The lowest BCUT2D eigenvalue weighted by molar-refractivity contribution is 0.0689. The highest BCUT2D eigenvalue weighted by atomic mass is 19.1. The summed E-state index contributed by atoms with van der Waals surface area (Å²) in [5.41, 5.74) is 0.918. The first-order chi connectivity index (χ1) is 9.09. The number of hydrogen-bond donors (Lipinski definition) is 1. The van der Waals surface area contributed by atoms with Crippen molar-refractivity contribution in [3.8, 4) is 5.75 Å². The highest BCUT2D eigenvalue weighted by molar-refractivity contribution is 5.90. The number of aromatic carboxylic acids is 1. The van der Waals surface area contributed by atoms with Crippen LogP contribution >= 0.6 is 0 Å². The third-order valence-electron chi connectivity index (χ3n) is 2.77. The van der Waals surface area contributed by atoms with E-state index in [0.29, 0.717) is 5.56 Å². The van der Waals surface area contributed by atoms with Crippen LogP contribution in [0.3, 0.4) is 0 Å². The zero-order valence-corrected chi connectivity index (χ0v) is 10.4. The summed E-state index contributed by atoms with van der Waals surface area (Å²) < 4.78 is 19.3. The molecule has 0 aliphatic rings. The van der Waals surface area contributed by atoms with E-state index in [4.69, 9.17) is 9.84 Å². The Balaban J connectivity index is 2.22. The number of aryl methyl sites for hydroxylation is 1. The third kappa shape index (κ3) is 2.91. The van der Waals surface area contributed by atoms with Crippen molar-refractivity contribution in [3.05, 3.63) is 65.0 Å². The summed E-state index contributed by atoms with van der Waals surface area (Å²) >= 11 is 0. The third-order valence-corrected chi connectivity index (χ3v) is 2.77. The second-order valence-corrected chi connectivity index (χ2v) is 4.15. The first kappa shape index (κ1) is 13.1. The molecule has 0 unspecified atom stereocenters. The highest BCUT2D eigenvalue weighted by Gasteiger charge is 2.18. The second-order valence-electron chi connectivity index (χ2n) is 4.15. The standard InChI is InChI=1S/C15H13FO3/c1-10-7-8-12(14(16)13(10)15(17)18)19-9-11-5-3-2-4-6-11/h2-8H,9H2,1H3,(H,17,18). The molecule has 0 amide bonds. The second kappa shape index (κ2) is 5.52. The van der Waals surface area contributed by atoms with E-state index < -0.39 is 11.8 Å². The van der Waals surface area contributed by atoms with Crippen molar-refractivity contribution in [1.82, 2.24) is 0 Å². The molecular formula is C15H13FO3. The Hall–Kier alpha value is -2.36. The summed E-state index contributed by atoms with van der Waals surface area (Å²) in [6, 6.07) is 12.3. The summed E-state index contributed by atoms with van der Waals surface area (Å²) in [7, 11) is 0. The Labute approximate surface area is 110 Å². The fourth-order valence-corrected chi connectivity index (χ4v) is 1.76. The van der Waals surface area contributed by atoms with Crippen molar-refractivity contribution in [2.45, 2.75) is 13.5 Å². The number of halogens is 1. The van der Waals surface area contributed by atoms with Crippen molar-refractivity contribution in [1.29, 1.82) is 0 Å². The number of hydrogen-bond acceptors (Lipinski definition) is 2. The molecule has 0 bridgehead atoms. The van der Waals surface area contributed by atoms with Crippen LogP contribution in [-0.2, 0) is 6.61 Å². The van der Waals surface area contributed by atoms with E-state index in [0.717, 1.165) is 5.56 Å². The lowest BCUT2D eigenvalue weighted by Crippen LogP contribution is -2.06. The average molecular weight is 260 g/mol. The van der Waals surface area contributed by atoms with Gasteiger partial charge in [0.2, 0.25) is 0 Å². The van der Waals surface area contributed by atoms with E-state index in [2.05, 4.69) is 0 Å². The first-order valence-electron chi connectivity index (χ1n) is 5.78. The smallest absolute Gasteiger partial charge is 0.339 e. The highest BCUT2D eigenvalue weighted by Crippen LogP contribution is 2.24. The molecule has 2 rings (SSSR count). The van der Waals surface area contributed by atoms with Gasteiger partial charge in [-0.2, -0.15) is 0 Å². The van der Waals surface area contributed by atoms with E-state index in [1.807, 2.05) is 30.3 Å². The van der Waals surface area contributed by atoms with Crippen molar-refractivity contribution in [2.24, 2.45) is 0 Å². The summed E-state index contributed by atoms with van der Waals surface area (Å²) in [5.74, 6) is -2.17. The molecule has 0 aromatic heterocycles. The quantitative estimate of drug-likeness (QED) is 0.916. The fraction of sp³-hybridized carbons (Fsp3) is 0.133. The van der Waals surface area contributed by atoms with Crippen LogP contribution in [-0.4, -0.2) is 11.1 Å². The van der Waals surface area contributed by atoms with Gasteiger partial charge in [0.15, 0.2) is 11.6 Å².